The zero-order valence-electron chi connectivity index (χ0n) is 14.5. The normalized spacial score (nSPS) is 18.0. The van der Waals surface area contributed by atoms with E-state index < -0.39 is 0 Å². The molecule has 0 saturated heterocycles. The molecule has 1 aromatic heterocycles. The molecule has 2 aromatic rings. The lowest BCUT2D eigenvalue weighted by Crippen LogP contribution is -2.42. The predicted molar refractivity (Wildman–Crippen MR) is 94.6 cm³/mol. The van der Waals surface area contributed by atoms with Crippen LogP contribution in [0.4, 0.5) is 0 Å². The van der Waals surface area contributed by atoms with Crippen molar-refractivity contribution >= 4 is 5.91 Å². The van der Waals surface area contributed by atoms with Gasteiger partial charge in [0.1, 0.15) is 0 Å². The Labute approximate surface area is 143 Å². The van der Waals surface area contributed by atoms with E-state index in [1.54, 1.807) is 6.20 Å². The van der Waals surface area contributed by atoms with Gasteiger partial charge in [0.2, 0.25) is 5.91 Å². The second-order valence-corrected chi connectivity index (χ2v) is 6.62. The Kier molecular flexibility index (Phi) is 5.30. The molecule has 0 unspecified atom stereocenters. The number of rotatable bonds is 6. The van der Waals surface area contributed by atoms with Gasteiger partial charge < -0.3 is 10.2 Å². The van der Waals surface area contributed by atoms with Crippen LogP contribution in [-0.2, 0) is 17.8 Å². The Hall–Kier alpha value is -2.14. The van der Waals surface area contributed by atoms with Crippen LogP contribution >= 0.6 is 0 Å². The topological polar surface area (TPSA) is 50.2 Å². The molecule has 1 heterocycles. The molecule has 5 heteroatoms. The van der Waals surface area contributed by atoms with Crippen LogP contribution in [0.25, 0.3) is 0 Å². The first-order chi connectivity index (χ1) is 11.6. The summed E-state index contributed by atoms with van der Waals surface area (Å²) in [7, 11) is 1.93. The van der Waals surface area contributed by atoms with E-state index in [0.29, 0.717) is 6.54 Å². The Morgan fingerprint density at radius 3 is 3.04 bits per heavy atom. The van der Waals surface area contributed by atoms with Gasteiger partial charge in [0, 0.05) is 25.5 Å². The first kappa shape index (κ1) is 16.7. The van der Waals surface area contributed by atoms with Crippen LogP contribution in [-0.4, -0.2) is 40.2 Å². The summed E-state index contributed by atoms with van der Waals surface area (Å²) in [5, 5.41) is 7.51. The predicted octanol–water partition coefficient (Wildman–Crippen LogP) is 2.40. The quantitative estimate of drug-likeness (QED) is 0.887. The van der Waals surface area contributed by atoms with Gasteiger partial charge in [-0.2, -0.15) is 5.10 Å². The smallest absolute Gasteiger partial charge is 0.236 e. The minimum absolute atomic E-state index is 0.143. The van der Waals surface area contributed by atoms with Gasteiger partial charge in [0.05, 0.1) is 19.1 Å². The molecule has 1 aliphatic rings. The van der Waals surface area contributed by atoms with Crippen LogP contribution in [0.15, 0.2) is 42.7 Å². The van der Waals surface area contributed by atoms with Gasteiger partial charge in [-0.3, -0.25) is 9.48 Å². The summed E-state index contributed by atoms with van der Waals surface area (Å²) in [5.74, 6) is 0.143. The average Bonchev–Trinajstić information content (AvgIpc) is 3.11. The number of amides is 1. The first-order valence-corrected chi connectivity index (χ1v) is 8.69. The molecule has 128 valence electrons. The number of aryl methyl sites for hydroxylation is 1. The fourth-order valence-corrected chi connectivity index (χ4v) is 3.44. The Morgan fingerprint density at radius 1 is 1.42 bits per heavy atom. The standard InChI is InChI=1S/C19H26N4O/c1-15(14-23-12-6-11-21-23)20-13-19(24)22(2)18-10-5-8-16-7-3-4-9-17(16)18/h3-4,6-7,9,11-12,15,18,20H,5,8,10,13-14H2,1-2H3/t15-,18-/m0/s1. The Bertz CT molecular complexity index is 668. The third-order valence-electron chi connectivity index (χ3n) is 4.82. The highest BCUT2D eigenvalue weighted by atomic mass is 16.2. The van der Waals surface area contributed by atoms with E-state index in [-0.39, 0.29) is 18.0 Å². The maximum absolute atomic E-state index is 12.6. The Morgan fingerprint density at radius 2 is 2.25 bits per heavy atom. The molecule has 5 nitrogen and oxygen atoms in total. The maximum Gasteiger partial charge on any atom is 0.236 e. The molecule has 3 rings (SSSR count). The zero-order chi connectivity index (χ0) is 16.9. The van der Waals surface area contributed by atoms with E-state index >= 15 is 0 Å². The number of likely N-dealkylation sites (N-methyl/N-ethyl adjacent to an activating group) is 1. The van der Waals surface area contributed by atoms with Crippen LogP contribution < -0.4 is 5.32 Å². The van der Waals surface area contributed by atoms with Crippen LogP contribution in [0.5, 0.6) is 0 Å². The molecule has 1 N–H and O–H groups in total. The molecule has 1 aliphatic carbocycles. The van der Waals surface area contributed by atoms with Crippen molar-refractivity contribution in [2.75, 3.05) is 13.6 Å². The molecule has 2 atom stereocenters. The van der Waals surface area contributed by atoms with E-state index in [4.69, 9.17) is 0 Å². The van der Waals surface area contributed by atoms with Crippen molar-refractivity contribution in [2.45, 2.75) is 44.8 Å². The number of carbonyl (C=O) groups excluding carboxylic acids is 1. The first-order valence-electron chi connectivity index (χ1n) is 8.69. The minimum Gasteiger partial charge on any atom is -0.338 e. The molecule has 0 fully saturated rings. The summed E-state index contributed by atoms with van der Waals surface area (Å²) in [4.78, 5) is 14.5. The van der Waals surface area contributed by atoms with Crippen LogP contribution in [0.2, 0.25) is 0 Å². The number of fused-ring (bicyclic) bond motifs is 1. The molecule has 0 bridgehead atoms. The number of nitrogens with zero attached hydrogens (tertiary/aromatic N) is 3. The number of hydrogen-bond acceptors (Lipinski definition) is 3. The van der Waals surface area contributed by atoms with Crippen LogP contribution in [0.3, 0.4) is 0 Å². The second kappa shape index (κ2) is 7.62. The molecule has 24 heavy (non-hydrogen) atoms. The van der Waals surface area contributed by atoms with Gasteiger partial charge in [-0.05, 0) is 43.4 Å². The van der Waals surface area contributed by atoms with Crippen molar-refractivity contribution in [3.8, 4) is 0 Å². The molecule has 0 saturated carbocycles. The van der Waals surface area contributed by atoms with E-state index in [2.05, 4.69) is 41.6 Å². The number of benzene rings is 1. The average molecular weight is 326 g/mol. The fourth-order valence-electron chi connectivity index (χ4n) is 3.44. The number of hydrogen-bond donors (Lipinski definition) is 1. The van der Waals surface area contributed by atoms with Crippen molar-refractivity contribution in [2.24, 2.45) is 0 Å². The summed E-state index contributed by atoms with van der Waals surface area (Å²) in [6.45, 7) is 3.19. The van der Waals surface area contributed by atoms with E-state index in [9.17, 15) is 4.79 Å². The molecule has 0 radical (unpaired) electrons. The van der Waals surface area contributed by atoms with E-state index in [1.807, 2.05) is 28.9 Å². The SMILES string of the molecule is C[C@@H](Cn1cccn1)NCC(=O)N(C)[C@H]1CCCc2ccccc21. The second-order valence-electron chi connectivity index (χ2n) is 6.62. The highest BCUT2D eigenvalue weighted by molar-refractivity contribution is 5.78. The number of nitrogens with one attached hydrogen (secondary N) is 1. The summed E-state index contributed by atoms with van der Waals surface area (Å²) >= 11 is 0. The molecule has 1 aromatic carbocycles. The van der Waals surface area contributed by atoms with Crippen molar-refractivity contribution in [3.63, 3.8) is 0 Å². The van der Waals surface area contributed by atoms with Gasteiger partial charge >= 0.3 is 0 Å². The number of aromatic nitrogens is 2. The lowest BCUT2D eigenvalue weighted by Gasteiger charge is -2.33. The lowest BCUT2D eigenvalue weighted by molar-refractivity contribution is -0.131. The van der Waals surface area contributed by atoms with Crippen molar-refractivity contribution < 1.29 is 4.79 Å². The van der Waals surface area contributed by atoms with Gasteiger partial charge in [-0.15, -0.1) is 0 Å². The minimum atomic E-state index is 0.143. The monoisotopic (exact) mass is 326 g/mol. The van der Waals surface area contributed by atoms with E-state index in [1.165, 1.54) is 11.1 Å². The van der Waals surface area contributed by atoms with Gasteiger partial charge in [0.15, 0.2) is 0 Å². The summed E-state index contributed by atoms with van der Waals surface area (Å²) in [6, 6.07) is 10.8. The van der Waals surface area contributed by atoms with Crippen LogP contribution in [0.1, 0.15) is 36.9 Å². The summed E-state index contributed by atoms with van der Waals surface area (Å²) < 4.78 is 1.88. The molecular weight excluding hydrogens is 300 g/mol. The van der Waals surface area contributed by atoms with Gasteiger partial charge in [-0.1, -0.05) is 24.3 Å². The molecule has 0 spiro atoms. The molecule has 0 aliphatic heterocycles. The third kappa shape index (κ3) is 3.85. The van der Waals surface area contributed by atoms with Crippen LogP contribution in [0, 0.1) is 0 Å². The zero-order valence-corrected chi connectivity index (χ0v) is 14.5. The van der Waals surface area contributed by atoms with Gasteiger partial charge in [0.25, 0.3) is 0 Å². The van der Waals surface area contributed by atoms with Crippen molar-refractivity contribution in [1.82, 2.24) is 20.0 Å². The highest BCUT2D eigenvalue weighted by Crippen LogP contribution is 2.33. The summed E-state index contributed by atoms with van der Waals surface area (Å²) in [6.07, 6.45) is 7.01. The maximum atomic E-state index is 12.6. The Balaban J connectivity index is 1.55. The van der Waals surface area contributed by atoms with E-state index in [0.717, 1.165) is 25.8 Å². The number of carbonyl (C=O) groups is 1. The third-order valence-corrected chi connectivity index (χ3v) is 4.82. The van der Waals surface area contributed by atoms with Crippen molar-refractivity contribution in [1.29, 1.82) is 0 Å². The molecule has 1 amide bonds. The van der Waals surface area contributed by atoms with Gasteiger partial charge in [-0.25, -0.2) is 0 Å². The fraction of sp³-hybridized carbons (Fsp3) is 0.474. The van der Waals surface area contributed by atoms with Crippen molar-refractivity contribution in [3.05, 3.63) is 53.9 Å². The largest absolute Gasteiger partial charge is 0.338 e. The lowest BCUT2D eigenvalue weighted by atomic mass is 9.87. The highest BCUT2D eigenvalue weighted by Gasteiger charge is 2.26. The molecular formula is C19H26N4O. The summed E-state index contributed by atoms with van der Waals surface area (Å²) in [5.41, 5.74) is 2.69.